The number of hydrogen-bond donors (Lipinski definition) is 1. The molecule has 2 aromatic rings. The first-order valence-corrected chi connectivity index (χ1v) is 10.7. The van der Waals surface area contributed by atoms with E-state index in [1.807, 2.05) is 0 Å². The quantitative estimate of drug-likeness (QED) is 0.543. The SMILES string of the molecule is O=C(Nc1cccc(C(F)(F)F)c1)[C@H]1CCCCN1S(=O)(=O)c1cccc([N+](=O)[O-])c1. The van der Waals surface area contributed by atoms with E-state index in [2.05, 4.69) is 5.32 Å². The molecule has 1 fully saturated rings. The Labute approximate surface area is 175 Å². The smallest absolute Gasteiger partial charge is 0.325 e. The van der Waals surface area contributed by atoms with Crippen LogP contribution in [0.25, 0.3) is 0 Å². The van der Waals surface area contributed by atoms with Gasteiger partial charge in [-0.2, -0.15) is 17.5 Å². The van der Waals surface area contributed by atoms with Crippen LogP contribution in [0.4, 0.5) is 24.5 Å². The fraction of sp³-hybridized carbons (Fsp3) is 0.316. The number of non-ortho nitro benzene ring substituents is 1. The summed E-state index contributed by atoms with van der Waals surface area (Å²) in [5.41, 5.74) is -1.48. The molecule has 1 aliphatic rings. The van der Waals surface area contributed by atoms with Crippen molar-refractivity contribution in [1.29, 1.82) is 0 Å². The van der Waals surface area contributed by atoms with E-state index in [1.165, 1.54) is 18.2 Å². The molecular weight excluding hydrogens is 439 g/mol. The van der Waals surface area contributed by atoms with E-state index in [9.17, 15) is 36.5 Å². The number of alkyl halides is 3. The monoisotopic (exact) mass is 457 g/mol. The third kappa shape index (κ3) is 5.02. The maximum Gasteiger partial charge on any atom is 0.416 e. The van der Waals surface area contributed by atoms with Crippen molar-refractivity contribution < 1.29 is 31.3 Å². The number of rotatable bonds is 5. The fourth-order valence-corrected chi connectivity index (χ4v) is 5.04. The van der Waals surface area contributed by atoms with Crippen molar-refractivity contribution >= 4 is 27.3 Å². The Morgan fingerprint density at radius 1 is 1.13 bits per heavy atom. The number of carbonyl (C=O) groups excluding carboxylic acids is 1. The second kappa shape index (κ2) is 8.63. The van der Waals surface area contributed by atoms with Crippen molar-refractivity contribution in [2.24, 2.45) is 0 Å². The lowest BCUT2D eigenvalue weighted by Crippen LogP contribution is -2.49. The lowest BCUT2D eigenvalue weighted by atomic mass is 10.0. The number of hydrogen-bond acceptors (Lipinski definition) is 5. The highest BCUT2D eigenvalue weighted by atomic mass is 32.2. The van der Waals surface area contributed by atoms with Crippen LogP contribution in [0.1, 0.15) is 24.8 Å². The van der Waals surface area contributed by atoms with E-state index < -0.39 is 44.3 Å². The molecule has 1 N–H and O–H groups in total. The van der Waals surface area contributed by atoms with Crippen molar-refractivity contribution in [2.45, 2.75) is 36.4 Å². The zero-order chi connectivity index (χ0) is 22.8. The third-order valence-electron chi connectivity index (χ3n) is 4.85. The van der Waals surface area contributed by atoms with Gasteiger partial charge in [0.2, 0.25) is 15.9 Å². The zero-order valence-corrected chi connectivity index (χ0v) is 16.8. The average Bonchev–Trinajstić information content (AvgIpc) is 2.73. The molecule has 8 nitrogen and oxygen atoms in total. The molecule has 1 heterocycles. The summed E-state index contributed by atoms with van der Waals surface area (Å²) in [7, 11) is -4.25. The van der Waals surface area contributed by atoms with E-state index in [0.717, 1.165) is 34.6 Å². The number of benzene rings is 2. The number of carbonyl (C=O) groups is 1. The summed E-state index contributed by atoms with van der Waals surface area (Å²) in [6.07, 6.45) is -3.41. The van der Waals surface area contributed by atoms with E-state index in [4.69, 9.17) is 0 Å². The summed E-state index contributed by atoms with van der Waals surface area (Å²) in [5, 5.41) is 13.3. The number of piperidine rings is 1. The minimum atomic E-state index is -4.59. The number of anilines is 1. The van der Waals surface area contributed by atoms with Crippen LogP contribution in [0.5, 0.6) is 0 Å². The number of nitro groups is 1. The molecule has 1 saturated heterocycles. The highest BCUT2D eigenvalue weighted by Crippen LogP contribution is 2.31. The molecule has 0 bridgehead atoms. The molecule has 0 saturated carbocycles. The van der Waals surface area contributed by atoms with Gasteiger partial charge in [-0.25, -0.2) is 8.42 Å². The standard InChI is InChI=1S/C19H18F3N3O5S/c20-19(21,22)13-5-3-6-14(11-13)23-18(26)17-9-1-2-10-24(17)31(29,30)16-8-4-7-15(12-16)25(27)28/h3-8,11-12,17H,1-2,9-10H2,(H,23,26)/t17-/m1/s1. The Balaban J connectivity index is 1.87. The van der Waals surface area contributed by atoms with Gasteiger partial charge in [-0.15, -0.1) is 0 Å². The summed E-state index contributed by atoms with van der Waals surface area (Å²) >= 11 is 0. The minimum absolute atomic E-state index is 0.00566. The number of nitrogens with zero attached hydrogens (tertiary/aromatic N) is 2. The van der Waals surface area contributed by atoms with E-state index in [1.54, 1.807) is 0 Å². The summed E-state index contributed by atoms with van der Waals surface area (Å²) in [6, 6.07) is 7.35. The Morgan fingerprint density at radius 3 is 2.52 bits per heavy atom. The lowest BCUT2D eigenvalue weighted by molar-refractivity contribution is -0.385. The molecule has 0 aliphatic carbocycles. The minimum Gasteiger partial charge on any atom is -0.325 e. The van der Waals surface area contributed by atoms with Gasteiger partial charge >= 0.3 is 6.18 Å². The molecule has 2 aromatic carbocycles. The van der Waals surface area contributed by atoms with Gasteiger partial charge in [0.15, 0.2) is 0 Å². The number of halogens is 3. The van der Waals surface area contributed by atoms with E-state index >= 15 is 0 Å². The summed E-state index contributed by atoms with van der Waals surface area (Å²) < 4.78 is 65.8. The van der Waals surface area contributed by atoms with Crippen molar-refractivity contribution in [1.82, 2.24) is 4.31 Å². The summed E-state index contributed by atoms with van der Waals surface area (Å²) in [5.74, 6) is -0.770. The summed E-state index contributed by atoms with van der Waals surface area (Å²) in [4.78, 5) is 22.7. The van der Waals surface area contributed by atoms with Crippen molar-refractivity contribution in [3.63, 3.8) is 0 Å². The van der Waals surface area contributed by atoms with Crippen LogP contribution in [-0.2, 0) is 21.0 Å². The second-order valence-corrected chi connectivity index (χ2v) is 8.84. The molecule has 1 amide bonds. The van der Waals surface area contributed by atoms with Gasteiger partial charge in [0.1, 0.15) is 6.04 Å². The molecule has 0 unspecified atom stereocenters. The normalized spacial score (nSPS) is 17.8. The van der Waals surface area contributed by atoms with Crippen molar-refractivity contribution in [3.05, 3.63) is 64.2 Å². The average molecular weight is 457 g/mol. The summed E-state index contributed by atoms with van der Waals surface area (Å²) in [6.45, 7) is 0.00566. The van der Waals surface area contributed by atoms with Crippen molar-refractivity contribution in [2.75, 3.05) is 11.9 Å². The predicted octanol–water partition coefficient (Wildman–Crippen LogP) is 3.80. The Kier molecular flexibility index (Phi) is 6.32. The lowest BCUT2D eigenvalue weighted by Gasteiger charge is -2.33. The number of nitrogens with one attached hydrogen (secondary N) is 1. The molecule has 1 atom stereocenters. The molecule has 31 heavy (non-hydrogen) atoms. The number of nitro benzene ring substituents is 1. The molecule has 12 heteroatoms. The Morgan fingerprint density at radius 2 is 1.84 bits per heavy atom. The van der Waals surface area contributed by atoms with Gasteiger partial charge in [-0.1, -0.05) is 18.6 Å². The largest absolute Gasteiger partial charge is 0.416 e. The van der Waals surface area contributed by atoms with Crippen LogP contribution in [0.2, 0.25) is 0 Å². The maximum absolute atomic E-state index is 13.1. The zero-order valence-electron chi connectivity index (χ0n) is 16.0. The van der Waals surface area contributed by atoms with Gasteiger partial charge in [0, 0.05) is 24.4 Å². The van der Waals surface area contributed by atoms with Gasteiger partial charge in [-0.3, -0.25) is 14.9 Å². The predicted molar refractivity (Wildman–Crippen MR) is 105 cm³/mol. The van der Waals surface area contributed by atoms with Crippen LogP contribution >= 0.6 is 0 Å². The molecule has 1 aliphatic heterocycles. The Bertz CT molecular complexity index is 1100. The maximum atomic E-state index is 13.1. The van der Waals surface area contributed by atoms with E-state index in [-0.39, 0.29) is 23.5 Å². The number of amides is 1. The van der Waals surface area contributed by atoms with Crippen LogP contribution in [-0.4, -0.2) is 36.1 Å². The molecule has 166 valence electrons. The van der Waals surface area contributed by atoms with Crippen LogP contribution in [0.3, 0.4) is 0 Å². The third-order valence-corrected chi connectivity index (χ3v) is 6.75. The Hall–Kier alpha value is -2.99. The topological polar surface area (TPSA) is 110 Å². The molecule has 0 spiro atoms. The fourth-order valence-electron chi connectivity index (χ4n) is 3.35. The van der Waals surface area contributed by atoms with Crippen molar-refractivity contribution in [3.8, 4) is 0 Å². The first-order chi connectivity index (χ1) is 14.5. The van der Waals surface area contributed by atoms with E-state index in [0.29, 0.717) is 12.8 Å². The number of sulfonamides is 1. The van der Waals surface area contributed by atoms with Gasteiger partial charge in [0.05, 0.1) is 15.4 Å². The molecule has 3 rings (SSSR count). The van der Waals surface area contributed by atoms with Crippen LogP contribution < -0.4 is 5.32 Å². The van der Waals surface area contributed by atoms with Crippen LogP contribution in [0, 0.1) is 10.1 Å². The molecule has 0 aromatic heterocycles. The van der Waals surface area contributed by atoms with Crippen LogP contribution in [0.15, 0.2) is 53.4 Å². The second-order valence-electron chi connectivity index (χ2n) is 6.95. The highest BCUT2D eigenvalue weighted by molar-refractivity contribution is 7.89. The molecule has 0 radical (unpaired) electrons. The first kappa shape index (κ1) is 22.7. The first-order valence-electron chi connectivity index (χ1n) is 9.24. The molecular formula is C19H18F3N3O5S. The van der Waals surface area contributed by atoms with Gasteiger partial charge in [0.25, 0.3) is 5.69 Å². The van der Waals surface area contributed by atoms with Gasteiger partial charge < -0.3 is 5.32 Å². The highest BCUT2D eigenvalue weighted by Gasteiger charge is 2.38. The van der Waals surface area contributed by atoms with Gasteiger partial charge in [-0.05, 0) is 37.1 Å².